The van der Waals surface area contributed by atoms with Crippen molar-refractivity contribution in [2.24, 2.45) is 0 Å². The molecule has 2 amide bonds. The molecule has 1 aromatic carbocycles. The highest BCUT2D eigenvalue weighted by atomic mass is 16.2. The first-order valence-electron chi connectivity index (χ1n) is 7.42. The zero-order chi connectivity index (χ0) is 15.8. The van der Waals surface area contributed by atoms with E-state index in [-0.39, 0.29) is 11.8 Å². The Morgan fingerprint density at radius 1 is 1.24 bits per heavy atom. The minimum atomic E-state index is -0.556. The zero-order valence-electron chi connectivity index (χ0n) is 13.2. The quantitative estimate of drug-likeness (QED) is 0.720. The van der Waals surface area contributed by atoms with E-state index in [0.717, 1.165) is 24.2 Å². The molecule has 1 atom stereocenters. The summed E-state index contributed by atoms with van der Waals surface area (Å²) in [6, 6.07) is 5.04. The molecule has 0 heterocycles. The molecule has 0 aliphatic carbocycles. The van der Waals surface area contributed by atoms with Gasteiger partial charge in [-0.15, -0.1) is 0 Å². The molecule has 116 valence electrons. The van der Waals surface area contributed by atoms with E-state index < -0.39 is 6.04 Å². The lowest BCUT2D eigenvalue weighted by Crippen LogP contribution is -2.45. The molecule has 0 bridgehead atoms. The smallest absolute Gasteiger partial charge is 0.254 e. The van der Waals surface area contributed by atoms with E-state index in [9.17, 15) is 9.59 Å². The van der Waals surface area contributed by atoms with E-state index in [1.807, 2.05) is 32.9 Å². The molecule has 0 saturated carbocycles. The highest BCUT2D eigenvalue weighted by Crippen LogP contribution is 2.17. The van der Waals surface area contributed by atoms with Gasteiger partial charge in [-0.05, 0) is 44.9 Å². The summed E-state index contributed by atoms with van der Waals surface area (Å²) in [5.41, 5.74) is 2.42. The highest BCUT2D eigenvalue weighted by Gasteiger charge is 2.18. The summed E-state index contributed by atoms with van der Waals surface area (Å²) in [6.45, 7) is 8.97. The molecule has 21 heavy (non-hydrogen) atoms. The van der Waals surface area contributed by atoms with Gasteiger partial charge in [-0.1, -0.05) is 13.0 Å². The van der Waals surface area contributed by atoms with Crippen molar-refractivity contribution in [3.8, 4) is 0 Å². The van der Waals surface area contributed by atoms with E-state index in [2.05, 4.69) is 16.0 Å². The highest BCUT2D eigenvalue weighted by molar-refractivity contribution is 6.01. The summed E-state index contributed by atoms with van der Waals surface area (Å²) in [5.74, 6) is -0.410. The summed E-state index contributed by atoms with van der Waals surface area (Å²) >= 11 is 0. The van der Waals surface area contributed by atoms with E-state index in [1.165, 1.54) is 0 Å². The Morgan fingerprint density at radius 2 is 1.95 bits per heavy atom. The first-order chi connectivity index (χ1) is 9.99. The predicted octanol–water partition coefficient (Wildman–Crippen LogP) is 2.07. The van der Waals surface area contributed by atoms with Crippen molar-refractivity contribution in [2.75, 3.05) is 18.4 Å². The number of carbonyl (C=O) groups excluding carboxylic acids is 2. The maximum Gasteiger partial charge on any atom is 0.254 e. The van der Waals surface area contributed by atoms with Crippen molar-refractivity contribution in [1.82, 2.24) is 10.6 Å². The fraction of sp³-hybridized carbons (Fsp3) is 0.500. The summed E-state index contributed by atoms with van der Waals surface area (Å²) in [6.07, 6.45) is 0.870. The summed E-state index contributed by atoms with van der Waals surface area (Å²) in [5, 5.41) is 8.67. The number of amides is 2. The molecule has 0 fully saturated rings. The minimum absolute atomic E-state index is 0.165. The molecule has 0 radical (unpaired) electrons. The molecule has 0 saturated heterocycles. The second kappa shape index (κ2) is 8.29. The summed E-state index contributed by atoms with van der Waals surface area (Å²) in [4.78, 5) is 24.1. The van der Waals surface area contributed by atoms with Crippen molar-refractivity contribution in [1.29, 1.82) is 0 Å². The third kappa shape index (κ3) is 5.10. The van der Waals surface area contributed by atoms with Gasteiger partial charge in [-0.25, -0.2) is 0 Å². The molecule has 5 nitrogen and oxygen atoms in total. The SMILES string of the molecule is CCCNC(=O)C(C)NC(=O)c1ccc(C)cc1NCC. The fourth-order valence-corrected chi connectivity index (χ4v) is 1.93. The first kappa shape index (κ1) is 17.0. The Kier molecular flexibility index (Phi) is 6.72. The molecule has 0 spiro atoms. The van der Waals surface area contributed by atoms with Crippen LogP contribution in [0.2, 0.25) is 0 Å². The molecule has 0 aliphatic heterocycles. The number of rotatable bonds is 7. The van der Waals surface area contributed by atoms with Crippen LogP contribution in [0, 0.1) is 6.92 Å². The summed E-state index contributed by atoms with van der Waals surface area (Å²) in [7, 11) is 0. The maximum absolute atomic E-state index is 12.3. The van der Waals surface area contributed by atoms with Gasteiger partial charge in [-0.3, -0.25) is 9.59 Å². The Morgan fingerprint density at radius 3 is 2.57 bits per heavy atom. The van der Waals surface area contributed by atoms with Crippen molar-refractivity contribution >= 4 is 17.5 Å². The third-order valence-corrected chi connectivity index (χ3v) is 3.08. The van der Waals surface area contributed by atoms with Gasteiger partial charge in [0.1, 0.15) is 6.04 Å². The van der Waals surface area contributed by atoms with Crippen molar-refractivity contribution in [3.63, 3.8) is 0 Å². The molecule has 5 heteroatoms. The second-order valence-corrected chi connectivity index (χ2v) is 5.07. The molecule has 1 aromatic rings. The minimum Gasteiger partial charge on any atom is -0.385 e. The lowest BCUT2D eigenvalue weighted by molar-refractivity contribution is -0.122. The van der Waals surface area contributed by atoms with Gasteiger partial charge in [0.05, 0.1) is 5.56 Å². The zero-order valence-corrected chi connectivity index (χ0v) is 13.2. The normalized spacial score (nSPS) is 11.6. The maximum atomic E-state index is 12.3. The van der Waals surface area contributed by atoms with Crippen LogP contribution in [0.15, 0.2) is 18.2 Å². The Bertz CT molecular complexity index is 500. The van der Waals surface area contributed by atoms with Gasteiger partial charge < -0.3 is 16.0 Å². The molecule has 3 N–H and O–H groups in total. The average molecular weight is 291 g/mol. The van der Waals surface area contributed by atoms with E-state index >= 15 is 0 Å². The van der Waals surface area contributed by atoms with Crippen LogP contribution in [0.1, 0.15) is 43.1 Å². The van der Waals surface area contributed by atoms with E-state index in [4.69, 9.17) is 0 Å². The number of aryl methyl sites for hydroxylation is 1. The van der Waals surface area contributed by atoms with Crippen LogP contribution in [0.5, 0.6) is 0 Å². The Balaban J connectivity index is 2.77. The molecular weight excluding hydrogens is 266 g/mol. The van der Waals surface area contributed by atoms with Gasteiger partial charge in [0, 0.05) is 18.8 Å². The topological polar surface area (TPSA) is 70.2 Å². The van der Waals surface area contributed by atoms with Gasteiger partial charge in [0.25, 0.3) is 5.91 Å². The van der Waals surface area contributed by atoms with Crippen LogP contribution >= 0.6 is 0 Å². The number of hydrogen-bond donors (Lipinski definition) is 3. The number of anilines is 1. The molecular formula is C16H25N3O2. The van der Waals surface area contributed by atoms with Crippen LogP contribution < -0.4 is 16.0 Å². The second-order valence-electron chi connectivity index (χ2n) is 5.07. The Hall–Kier alpha value is -2.04. The van der Waals surface area contributed by atoms with Crippen LogP contribution in [-0.4, -0.2) is 30.9 Å². The van der Waals surface area contributed by atoms with E-state index in [0.29, 0.717) is 12.1 Å². The van der Waals surface area contributed by atoms with Crippen molar-refractivity contribution in [3.05, 3.63) is 29.3 Å². The Labute approximate surface area is 126 Å². The van der Waals surface area contributed by atoms with Gasteiger partial charge in [0.15, 0.2) is 0 Å². The van der Waals surface area contributed by atoms with Gasteiger partial charge in [-0.2, -0.15) is 0 Å². The molecule has 0 aliphatic rings. The van der Waals surface area contributed by atoms with Crippen LogP contribution in [0.4, 0.5) is 5.69 Å². The van der Waals surface area contributed by atoms with Crippen molar-refractivity contribution < 1.29 is 9.59 Å². The first-order valence-corrected chi connectivity index (χ1v) is 7.42. The molecule has 0 aromatic heterocycles. The largest absolute Gasteiger partial charge is 0.385 e. The fourth-order valence-electron chi connectivity index (χ4n) is 1.93. The lowest BCUT2D eigenvalue weighted by atomic mass is 10.1. The van der Waals surface area contributed by atoms with Crippen LogP contribution in [0.3, 0.4) is 0 Å². The van der Waals surface area contributed by atoms with Gasteiger partial charge in [0.2, 0.25) is 5.91 Å². The standard InChI is InChI=1S/C16H25N3O2/c1-5-9-18-15(20)12(4)19-16(21)13-8-7-11(3)10-14(13)17-6-2/h7-8,10,12,17H,5-6,9H2,1-4H3,(H,18,20)(H,19,21). The van der Waals surface area contributed by atoms with Crippen LogP contribution in [0.25, 0.3) is 0 Å². The lowest BCUT2D eigenvalue weighted by Gasteiger charge is -2.16. The van der Waals surface area contributed by atoms with Crippen LogP contribution in [-0.2, 0) is 4.79 Å². The molecule has 1 unspecified atom stereocenters. The number of benzene rings is 1. The monoisotopic (exact) mass is 291 g/mol. The van der Waals surface area contributed by atoms with Crippen molar-refractivity contribution in [2.45, 2.75) is 40.2 Å². The number of hydrogen-bond acceptors (Lipinski definition) is 3. The van der Waals surface area contributed by atoms with E-state index in [1.54, 1.807) is 13.0 Å². The average Bonchev–Trinajstić information content (AvgIpc) is 2.45. The van der Waals surface area contributed by atoms with Gasteiger partial charge >= 0.3 is 0 Å². The third-order valence-electron chi connectivity index (χ3n) is 3.08. The summed E-state index contributed by atoms with van der Waals surface area (Å²) < 4.78 is 0. The number of carbonyl (C=O) groups is 2. The predicted molar refractivity (Wildman–Crippen MR) is 85.6 cm³/mol. The molecule has 1 rings (SSSR count). The number of nitrogens with one attached hydrogen (secondary N) is 3.